The molecule has 0 fully saturated rings. The van der Waals surface area contributed by atoms with Gasteiger partial charge in [-0.15, -0.1) is 0 Å². The van der Waals surface area contributed by atoms with E-state index >= 15 is 0 Å². The Labute approximate surface area is 80.3 Å². The Hall–Kier alpha value is -1.25. The van der Waals surface area contributed by atoms with Crippen LogP contribution < -0.4 is 0 Å². The summed E-state index contributed by atoms with van der Waals surface area (Å²) < 4.78 is 0. The quantitative estimate of drug-likeness (QED) is 0.643. The average Bonchev–Trinajstić information content (AvgIpc) is 2.01. The van der Waals surface area contributed by atoms with E-state index in [2.05, 4.69) is 0 Å². The summed E-state index contributed by atoms with van der Waals surface area (Å²) in [6.07, 6.45) is 5.39. The second-order valence-corrected chi connectivity index (χ2v) is 3.27. The lowest BCUT2D eigenvalue weighted by molar-refractivity contribution is 0.200. The summed E-state index contributed by atoms with van der Waals surface area (Å²) in [5.74, 6) is 0. The van der Waals surface area contributed by atoms with E-state index in [1.165, 1.54) is 0 Å². The molecule has 0 aromatic heterocycles. The van der Waals surface area contributed by atoms with Crippen LogP contribution in [0.25, 0.3) is 0 Å². The standard InChI is InChI=1S/C10H18N2O/c1-6-7-12(8-9(2)3)10(13)11(4)5/h6-8H,1-5H3/b7-6+. The van der Waals surface area contributed by atoms with Crippen LogP contribution in [-0.4, -0.2) is 29.9 Å². The van der Waals surface area contributed by atoms with Crippen molar-refractivity contribution in [2.75, 3.05) is 14.1 Å². The van der Waals surface area contributed by atoms with Crippen molar-refractivity contribution in [1.29, 1.82) is 0 Å². The molecule has 0 unspecified atom stereocenters. The maximum atomic E-state index is 11.5. The molecule has 0 rings (SSSR count). The van der Waals surface area contributed by atoms with Gasteiger partial charge in [0.15, 0.2) is 0 Å². The Balaban J connectivity index is 4.62. The molecule has 13 heavy (non-hydrogen) atoms. The lowest BCUT2D eigenvalue weighted by Gasteiger charge is -2.19. The second kappa shape index (κ2) is 5.41. The Bertz CT molecular complexity index is 225. The Morgan fingerprint density at radius 1 is 1.23 bits per heavy atom. The highest BCUT2D eigenvalue weighted by Crippen LogP contribution is 2.01. The zero-order valence-electron chi connectivity index (χ0n) is 9.03. The van der Waals surface area contributed by atoms with Crippen molar-refractivity contribution in [3.05, 3.63) is 24.0 Å². The van der Waals surface area contributed by atoms with Gasteiger partial charge in [-0.25, -0.2) is 4.79 Å². The van der Waals surface area contributed by atoms with Crippen LogP contribution in [0.3, 0.4) is 0 Å². The van der Waals surface area contributed by atoms with E-state index in [1.54, 1.807) is 30.1 Å². The van der Waals surface area contributed by atoms with Crippen LogP contribution in [0.1, 0.15) is 20.8 Å². The number of carbonyl (C=O) groups is 1. The summed E-state index contributed by atoms with van der Waals surface area (Å²) in [4.78, 5) is 14.6. The van der Waals surface area contributed by atoms with Crippen molar-refractivity contribution in [2.24, 2.45) is 0 Å². The van der Waals surface area contributed by atoms with E-state index in [4.69, 9.17) is 0 Å². The monoisotopic (exact) mass is 182 g/mol. The molecule has 0 aromatic rings. The molecule has 0 bridgehead atoms. The van der Waals surface area contributed by atoms with Crippen LogP contribution in [-0.2, 0) is 0 Å². The molecule has 0 atom stereocenters. The maximum absolute atomic E-state index is 11.5. The maximum Gasteiger partial charge on any atom is 0.327 e. The molecule has 0 radical (unpaired) electrons. The van der Waals surface area contributed by atoms with E-state index in [1.807, 2.05) is 33.0 Å². The molecule has 0 N–H and O–H groups in total. The van der Waals surface area contributed by atoms with Gasteiger partial charge in [-0.1, -0.05) is 11.6 Å². The number of urea groups is 1. The number of hydrogen-bond acceptors (Lipinski definition) is 1. The minimum Gasteiger partial charge on any atom is -0.330 e. The van der Waals surface area contributed by atoms with E-state index in [0.717, 1.165) is 5.57 Å². The van der Waals surface area contributed by atoms with Crippen molar-refractivity contribution in [2.45, 2.75) is 20.8 Å². The summed E-state index contributed by atoms with van der Waals surface area (Å²) in [6, 6.07) is -0.0423. The molecule has 0 aliphatic heterocycles. The third-order valence-corrected chi connectivity index (χ3v) is 1.31. The highest BCUT2D eigenvalue weighted by atomic mass is 16.2. The van der Waals surface area contributed by atoms with Crippen LogP contribution in [0.2, 0.25) is 0 Å². The van der Waals surface area contributed by atoms with Gasteiger partial charge >= 0.3 is 6.03 Å². The van der Waals surface area contributed by atoms with Gasteiger partial charge in [0.1, 0.15) is 0 Å². The van der Waals surface area contributed by atoms with Gasteiger partial charge < -0.3 is 4.90 Å². The van der Waals surface area contributed by atoms with Crippen LogP contribution in [0.5, 0.6) is 0 Å². The molecule has 2 amide bonds. The predicted molar refractivity (Wildman–Crippen MR) is 55.2 cm³/mol. The summed E-state index contributed by atoms with van der Waals surface area (Å²) >= 11 is 0. The number of amides is 2. The Kier molecular flexibility index (Phi) is 4.89. The van der Waals surface area contributed by atoms with Gasteiger partial charge in [0.25, 0.3) is 0 Å². The van der Waals surface area contributed by atoms with Crippen LogP contribution in [0.4, 0.5) is 4.79 Å². The summed E-state index contributed by atoms with van der Waals surface area (Å²) in [6.45, 7) is 5.80. The lowest BCUT2D eigenvalue weighted by Crippen LogP contribution is -2.32. The van der Waals surface area contributed by atoms with Gasteiger partial charge in [0.2, 0.25) is 0 Å². The number of hydrogen-bond donors (Lipinski definition) is 0. The van der Waals surface area contributed by atoms with Crippen molar-refractivity contribution < 1.29 is 4.79 Å². The SMILES string of the molecule is C/C=C/N(C=C(C)C)C(=O)N(C)C. The van der Waals surface area contributed by atoms with Crippen molar-refractivity contribution in [3.63, 3.8) is 0 Å². The molecule has 0 aliphatic carbocycles. The Morgan fingerprint density at radius 3 is 2.08 bits per heavy atom. The van der Waals surface area contributed by atoms with Gasteiger partial charge in [-0.3, -0.25) is 4.90 Å². The highest BCUT2D eigenvalue weighted by molar-refractivity contribution is 5.76. The minimum atomic E-state index is -0.0423. The van der Waals surface area contributed by atoms with E-state index in [0.29, 0.717) is 0 Å². The molecule has 3 heteroatoms. The minimum absolute atomic E-state index is 0.0423. The second-order valence-electron chi connectivity index (χ2n) is 3.27. The molecule has 0 heterocycles. The fourth-order valence-electron chi connectivity index (χ4n) is 0.832. The smallest absolute Gasteiger partial charge is 0.327 e. The van der Waals surface area contributed by atoms with E-state index in [-0.39, 0.29) is 6.03 Å². The van der Waals surface area contributed by atoms with Crippen molar-refractivity contribution in [3.8, 4) is 0 Å². The Morgan fingerprint density at radius 2 is 1.77 bits per heavy atom. The molecule has 0 saturated heterocycles. The topological polar surface area (TPSA) is 23.6 Å². The molecule has 0 saturated carbocycles. The fourth-order valence-corrected chi connectivity index (χ4v) is 0.832. The zero-order chi connectivity index (χ0) is 10.4. The molecule has 0 aliphatic rings. The third-order valence-electron chi connectivity index (χ3n) is 1.31. The predicted octanol–water partition coefficient (Wildman–Crippen LogP) is 2.43. The molecule has 3 nitrogen and oxygen atoms in total. The van der Waals surface area contributed by atoms with E-state index in [9.17, 15) is 4.79 Å². The fraction of sp³-hybridized carbons (Fsp3) is 0.500. The van der Waals surface area contributed by atoms with Crippen molar-refractivity contribution >= 4 is 6.03 Å². The average molecular weight is 182 g/mol. The summed E-state index contributed by atoms with van der Waals surface area (Å²) in [5.41, 5.74) is 1.09. The van der Waals surface area contributed by atoms with Gasteiger partial charge in [0.05, 0.1) is 0 Å². The lowest BCUT2D eigenvalue weighted by atomic mass is 10.4. The zero-order valence-corrected chi connectivity index (χ0v) is 9.03. The summed E-state index contributed by atoms with van der Waals surface area (Å²) in [7, 11) is 3.47. The first-order valence-corrected chi connectivity index (χ1v) is 4.26. The molecular formula is C10H18N2O. The van der Waals surface area contributed by atoms with E-state index < -0.39 is 0 Å². The number of nitrogens with zero attached hydrogens (tertiary/aromatic N) is 2. The first-order chi connectivity index (χ1) is 5.99. The highest BCUT2D eigenvalue weighted by Gasteiger charge is 2.08. The summed E-state index contributed by atoms with van der Waals surface area (Å²) in [5, 5.41) is 0. The normalized spacial score (nSPS) is 9.92. The van der Waals surface area contributed by atoms with Crippen LogP contribution in [0.15, 0.2) is 24.0 Å². The number of allylic oxidation sites excluding steroid dienone is 2. The number of rotatable bonds is 2. The number of carbonyl (C=O) groups excluding carboxylic acids is 1. The molecule has 0 spiro atoms. The first kappa shape index (κ1) is 11.8. The van der Waals surface area contributed by atoms with Crippen LogP contribution >= 0.6 is 0 Å². The third kappa shape index (κ3) is 4.35. The molecular weight excluding hydrogens is 164 g/mol. The largest absolute Gasteiger partial charge is 0.330 e. The van der Waals surface area contributed by atoms with Crippen molar-refractivity contribution in [1.82, 2.24) is 9.80 Å². The van der Waals surface area contributed by atoms with Gasteiger partial charge in [-0.05, 0) is 20.8 Å². The molecule has 0 aromatic carbocycles. The van der Waals surface area contributed by atoms with Gasteiger partial charge in [-0.2, -0.15) is 0 Å². The van der Waals surface area contributed by atoms with Gasteiger partial charge in [0, 0.05) is 26.5 Å². The van der Waals surface area contributed by atoms with Crippen LogP contribution in [0, 0.1) is 0 Å². The molecule has 74 valence electrons. The first-order valence-electron chi connectivity index (χ1n) is 4.26.